The molecule has 0 amide bonds. The van der Waals surface area contributed by atoms with E-state index in [1.54, 1.807) is 21.0 Å². The van der Waals surface area contributed by atoms with Gasteiger partial charge in [-0.15, -0.1) is 0 Å². The van der Waals surface area contributed by atoms with Gasteiger partial charge in [0.25, 0.3) is 0 Å². The molecule has 2 heterocycles. The predicted molar refractivity (Wildman–Crippen MR) is 115 cm³/mol. The molecule has 3 fully saturated rings. The molecule has 0 radical (unpaired) electrons. The molecule has 2 saturated heterocycles. The van der Waals surface area contributed by atoms with Crippen molar-refractivity contribution in [1.29, 1.82) is 0 Å². The molecule has 2 aliphatic heterocycles. The molecular formula is C20H41N5O7. The van der Waals surface area contributed by atoms with Crippen LogP contribution in [0.3, 0.4) is 0 Å². The van der Waals surface area contributed by atoms with Crippen LogP contribution in [0.2, 0.25) is 4.24 Å². The van der Waals surface area contributed by atoms with E-state index in [2.05, 4.69) is 27.8 Å². The highest BCUT2D eigenvalue weighted by molar-refractivity contribution is 5.02. The molecule has 3 aliphatic rings. The number of aliphatic hydroxyl groups is 3. The molecule has 0 bridgehead atoms. The van der Waals surface area contributed by atoms with Crippen LogP contribution in [0.5, 0.6) is 0 Å². The molecule has 188 valence electrons. The second-order valence-electron chi connectivity index (χ2n) is 9.24. The first kappa shape index (κ1) is 22.0. The maximum Gasteiger partial charge on any atom is 0.185 e. The molecule has 1 saturated carbocycles. The van der Waals surface area contributed by atoms with Crippen LogP contribution < -0.4 is 27.8 Å². The molecule has 0 aromatic carbocycles. The van der Waals surface area contributed by atoms with Crippen molar-refractivity contribution >= 4 is 0 Å². The number of hydrogen-bond acceptors (Lipinski definition) is 12. The lowest BCUT2D eigenvalue weighted by Gasteiger charge is -2.49. The van der Waals surface area contributed by atoms with Gasteiger partial charge in [0, 0.05) is 18.6 Å². The van der Waals surface area contributed by atoms with Crippen molar-refractivity contribution in [3.63, 3.8) is 0 Å². The number of nitrogens with one attached hydrogen (secondary N) is 2. The monoisotopic (exact) mass is 469 g/mol. The van der Waals surface area contributed by atoms with Gasteiger partial charge in [-0.25, -0.2) is 0 Å². The van der Waals surface area contributed by atoms with Gasteiger partial charge in [-0.05, 0) is 40.3 Å². The molecule has 5 unspecified atom stereocenters. The third-order valence-corrected chi connectivity index (χ3v) is 6.75. The topological polar surface area (TPSA) is 200 Å². The first-order valence-electron chi connectivity index (χ1n) is 12.7. The summed E-state index contributed by atoms with van der Waals surface area (Å²) in [5.41, 5.74) is 5.89. The van der Waals surface area contributed by atoms with Crippen molar-refractivity contribution < 1.29 is 38.5 Å². The minimum Gasteiger partial charge on any atom is -0.388 e. The van der Waals surface area contributed by atoms with Crippen LogP contribution in [0.15, 0.2) is 0 Å². The highest BCUT2D eigenvalue weighted by atomic mass is 16.7. The maximum atomic E-state index is 11.4. The summed E-state index contributed by atoms with van der Waals surface area (Å²) in [6, 6.07) is -2.16. The van der Waals surface area contributed by atoms with Gasteiger partial charge in [0.2, 0.25) is 0 Å². The summed E-state index contributed by atoms with van der Waals surface area (Å²) in [5, 5.41) is 38.6. The molecule has 12 nitrogen and oxygen atoms in total. The third kappa shape index (κ3) is 5.43. The quantitative estimate of drug-likeness (QED) is 0.156. The van der Waals surface area contributed by atoms with E-state index in [9.17, 15) is 15.3 Å². The second kappa shape index (κ2) is 10.8. The molecule has 12 atom stereocenters. The zero-order chi connectivity index (χ0) is 25.8. The molecule has 0 spiro atoms. The van der Waals surface area contributed by atoms with Gasteiger partial charge in [-0.2, -0.15) is 0 Å². The SMILES string of the molecule is [3H]NC[C@@H]1CC[C@@H](N[3H])C(OC2[C@H](O)C(OC3OC[C@](C)(O)[C@H](NC)[C@H]3O)C(N[3H])C[C@@H]2NC)O1. The van der Waals surface area contributed by atoms with Gasteiger partial charge < -0.3 is 62.1 Å². The lowest BCUT2D eigenvalue weighted by Crippen LogP contribution is -2.69. The number of aliphatic hydroxyl groups excluding tert-OH is 2. The Balaban J connectivity index is 1.76. The summed E-state index contributed by atoms with van der Waals surface area (Å²) < 4.78 is 46.5. The molecule has 3 rings (SSSR count). The Morgan fingerprint density at radius 1 is 1.06 bits per heavy atom. The highest BCUT2D eigenvalue weighted by Gasteiger charge is 2.51. The normalized spacial score (nSPS) is 51.6. The summed E-state index contributed by atoms with van der Waals surface area (Å²) in [5.74, 6) is 0. The van der Waals surface area contributed by atoms with Crippen LogP contribution in [0.25, 0.3) is 0 Å². The van der Waals surface area contributed by atoms with E-state index in [1.807, 2.05) is 0 Å². The molecule has 1 aliphatic carbocycles. The van der Waals surface area contributed by atoms with E-state index in [0.29, 0.717) is 25.8 Å². The Morgan fingerprint density at radius 2 is 1.81 bits per heavy atom. The zero-order valence-electron chi connectivity index (χ0n) is 21.9. The number of ether oxygens (including phenoxy) is 4. The summed E-state index contributed by atoms with van der Waals surface area (Å²) in [6.45, 7) is 1.75. The Hall–Kier alpha value is -0.480. The van der Waals surface area contributed by atoms with E-state index in [4.69, 9.17) is 23.2 Å². The van der Waals surface area contributed by atoms with Gasteiger partial charge in [-0.3, -0.25) is 0 Å². The maximum absolute atomic E-state index is 11.4. The second-order valence-corrected chi connectivity index (χ2v) is 9.24. The average Bonchev–Trinajstić information content (AvgIpc) is 2.83. The third-order valence-electron chi connectivity index (χ3n) is 6.75. The van der Waals surface area contributed by atoms with E-state index in [0.717, 1.165) is 0 Å². The van der Waals surface area contributed by atoms with Crippen LogP contribution >= 0.6 is 0 Å². The molecule has 12 heteroatoms. The lowest BCUT2D eigenvalue weighted by molar-refractivity contribution is -0.307. The van der Waals surface area contributed by atoms with Crippen molar-refractivity contribution in [1.82, 2.24) is 10.6 Å². The first-order valence-corrected chi connectivity index (χ1v) is 11.2. The summed E-state index contributed by atoms with van der Waals surface area (Å²) in [7, 11) is 3.33. The average molecular weight is 470 g/mol. The first-order chi connectivity index (χ1) is 16.7. The van der Waals surface area contributed by atoms with E-state index < -0.39 is 60.7 Å². The van der Waals surface area contributed by atoms with E-state index in [1.165, 1.54) is 0 Å². The molecular weight excluding hydrogens is 422 g/mol. The van der Waals surface area contributed by atoms with Crippen molar-refractivity contribution in [2.45, 2.75) is 99.1 Å². The molecule has 0 aromatic rings. The number of rotatable bonds is 10. The Morgan fingerprint density at radius 3 is 2.47 bits per heavy atom. The summed E-state index contributed by atoms with van der Waals surface area (Å²) >= 11 is 0. The lowest BCUT2D eigenvalue weighted by atomic mass is 9.83. The van der Waals surface area contributed by atoms with Crippen molar-refractivity contribution in [2.24, 2.45) is 17.2 Å². The Bertz CT molecular complexity index is 660. The fourth-order valence-corrected chi connectivity index (χ4v) is 4.84. The van der Waals surface area contributed by atoms with Crippen LogP contribution in [-0.4, -0.2) is 115 Å². The van der Waals surface area contributed by atoms with Crippen molar-refractivity contribution in [2.75, 3.05) is 27.2 Å². The minimum absolute atomic E-state index is 0.0979. The van der Waals surface area contributed by atoms with Gasteiger partial charge in [0.1, 0.15) is 34.3 Å². The molecule has 0 aromatic heterocycles. The molecule has 11 N–H and O–H groups in total. The van der Waals surface area contributed by atoms with Gasteiger partial charge in [0.05, 0.1) is 24.8 Å². The smallest absolute Gasteiger partial charge is 0.185 e. The predicted octanol–water partition coefficient (Wildman–Crippen LogP) is -3.72. The van der Waals surface area contributed by atoms with Crippen LogP contribution in [0.4, 0.5) is 0 Å². The largest absolute Gasteiger partial charge is 0.388 e. The standard InChI is InChI=1S/C20H41N5O7/c1-20(28)8-29-19(14(27)17(20)25-3)31-15-11(23)6-12(24-2)16(13(15)26)32-18-10(22)5-4-9(7-21)30-18/h9-19,24-28H,4-8,21-23H2,1-3H3/t9-,10+,11?,12-,13+,14+,15?,16?,17+,18?,19?,20-/m0/s1/i/hT3. The van der Waals surface area contributed by atoms with Gasteiger partial charge in [-0.1, -0.05) is 0 Å². The molecule has 32 heavy (non-hydrogen) atoms. The number of likely N-dealkylation sites (N-methyl/N-ethyl adjacent to an activating group) is 2. The summed E-state index contributed by atoms with van der Waals surface area (Å²) in [6.07, 6.45) is -4.99. The van der Waals surface area contributed by atoms with E-state index >= 15 is 0 Å². The fraction of sp³-hybridized carbons (Fsp3) is 1.00. The van der Waals surface area contributed by atoms with Crippen LogP contribution in [0, 0.1) is 0 Å². The fourth-order valence-electron chi connectivity index (χ4n) is 4.84. The highest BCUT2D eigenvalue weighted by Crippen LogP contribution is 2.31. The van der Waals surface area contributed by atoms with Crippen molar-refractivity contribution in [3.8, 4) is 0 Å². The zero-order valence-corrected chi connectivity index (χ0v) is 18.9. The van der Waals surface area contributed by atoms with Gasteiger partial charge >= 0.3 is 0 Å². The number of nitrogens with two attached hydrogens (primary N) is 3. The summed E-state index contributed by atoms with van der Waals surface area (Å²) in [4.78, 5) is 0. The van der Waals surface area contributed by atoms with Crippen molar-refractivity contribution in [3.05, 3.63) is 0 Å². The van der Waals surface area contributed by atoms with E-state index in [-0.39, 0.29) is 18.8 Å². The Kier molecular flexibility index (Phi) is 7.46. The van der Waals surface area contributed by atoms with Crippen LogP contribution in [0.1, 0.15) is 26.2 Å². The van der Waals surface area contributed by atoms with Gasteiger partial charge in [0.15, 0.2) is 12.6 Å². The van der Waals surface area contributed by atoms with Crippen LogP contribution in [-0.2, 0) is 18.9 Å². The Labute approximate surface area is 193 Å². The minimum atomic E-state index is -1.32. The number of hydrogen-bond donors (Lipinski definition) is 8.